The van der Waals surface area contributed by atoms with Gasteiger partial charge in [0, 0.05) is 0 Å². The van der Waals surface area contributed by atoms with Crippen LogP contribution in [-0.2, 0) is 9.59 Å². The van der Waals surface area contributed by atoms with E-state index < -0.39 is 11.3 Å². The summed E-state index contributed by atoms with van der Waals surface area (Å²) in [7, 11) is 0. The summed E-state index contributed by atoms with van der Waals surface area (Å²) in [6.45, 7) is 6.96. The molecule has 0 saturated heterocycles. The molecule has 6 heteroatoms. The zero-order valence-corrected chi connectivity index (χ0v) is 10.0. The molecule has 0 aliphatic carbocycles. The Morgan fingerprint density at radius 1 is 0.875 bits per heavy atom. The first-order valence-electron chi connectivity index (χ1n) is 5.07. The summed E-state index contributed by atoms with van der Waals surface area (Å²) >= 11 is 0. The van der Waals surface area contributed by atoms with Gasteiger partial charge in [0.15, 0.2) is 11.3 Å². The van der Waals surface area contributed by atoms with Crippen molar-refractivity contribution < 1.29 is 9.59 Å². The van der Waals surface area contributed by atoms with Gasteiger partial charge < -0.3 is 0 Å². The topological polar surface area (TPSA) is 83.6 Å². The Hall–Kier alpha value is -1.64. The van der Waals surface area contributed by atoms with Crippen LogP contribution in [0.2, 0.25) is 0 Å². The van der Waals surface area contributed by atoms with Crippen LogP contribution in [0, 0.1) is 0 Å². The van der Waals surface area contributed by atoms with Crippen LogP contribution in [0.3, 0.4) is 0 Å². The molecule has 0 saturated carbocycles. The molecular weight excluding hydrogens is 208 g/mol. The van der Waals surface area contributed by atoms with Gasteiger partial charge in [-0.1, -0.05) is 13.8 Å². The second-order valence-electron chi connectivity index (χ2n) is 3.75. The van der Waals surface area contributed by atoms with E-state index in [-0.39, 0.29) is 0 Å². The van der Waals surface area contributed by atoms with E-state index in [0.717, 1.165) is 0 Å². The molecule has 0 rings (SSSR count). The molecule has 0 aliphatic rings. The molecule has 0 heterocycles. The van der Waals surface area contributed by atoms with Gasteiger partial charge in [0.05, 0.1) is 0 Å². The molecule has 0 aliphatic heterocycles. The second kappa shape index (κ2) is 6.05. The van der Waals surface area contributed by atoms with Crippen LogP contribution in [0.25, 0.3) is 0 Å². The average Bonchev–Trinajstić information content (AvgIpc) is 2.27. The molecule has 0 radical (unpaired) electrons. The van der Waals surface area contributed by atoms with Gasteiger partial charge in [-0.15, -0.1) is 0 Å². The number of hydrogen-bond donors (Lipinski definition) is 0. The van der Waals surface area contributed by atoms with Crippen molar-refractivity contribution in [2.75, 3.05) is 0 Å². The van der Waals surface area contributed by atoms with Crippen LogP contribution in [0.15, 0.2) is 20.2 Å². The number of hydrogen-bond acceptors (Lipinski definition) is 6. The second-order valence-corrected chi connectivity index (χ2v) is 3.75. The maximum absolute atomic E-state index is 10.2. The molecule has 0 aromatic heterocycles. The summed E-state index contributed by atoms with van der Waals surface area (Å²) < 4.78 is 0. The van der Waals surface area contributed by atoms with Gasteiger partial charge in [-0.05, 0) is 26.7 Å². The monoisotopic (exact) mass is 224 g/mol. The number of carbonyl (C=O) groups excluding carboxylic acids is 2. The Balaban J connectivity index is 5.05. The quantitative estimate of drug-likeness (QED) is 0.394. The average molecular weight is 224 g/mol. The molecule has 0 bridgehead atoms. The van der Waals surface area contributed by atoms with Gasteiger partial charge in [0.1, 0.15) is 0 Å². The fraction of sp³-hybridized carbons (Fsp3) is 0.800. The number of aliphatic imine (C=N–C) groups is 2. The molecule has 88 valence electrons. The largest absolute Gasteiger partial charge is 0.237 e. The predicted octanol–water partition coefficient (Wildman–Crippen LogP) is 2.36. The van der Waals surface area contributed by atoms with Gasteiger partial charge in [0.2, 0.25) is 12.2 Å². The highest BCUT2D eigenvalue weighted by Crippen LogP contribution is 2.22. The SMILES string of the molecule is CCC(C)(N=C=O)/N=N/C(C)(CC)N=C=O. The fourth-order valence-corrected chi connectivity index (χ4v) is 0.756. The van der Waals surface area contributed by atoms with E-state index in [1.807, 2.05) is 13.8 Å². The molecule has 16 heavy (non-hydrogen) atoms. The number of azo groups is 1. The lowest BCUT2D eigenvalue weighted by Gasteiger charge is -2.19. The summed E-state index contributed by atoms with van der Waals surface area (Å²) in [6, 6.07) is 0. The Bertz CT molecular complexity index is 322. The summed E-state index contributed by atoms with van der Waals surface area (Å²) in [6.07, 6.45) is 3.94. The van der Waals surface area contributed by atoms with Crippen molar-refractivity contribution >= 4 is 12.2 Å². The highest BCUT2D eigenvalue weighted by molar-refractivity contribution is 5.35. The van der Waals surface area contributed by atoms with Crippen molar-refractivity contribution in [3.8, 4) is 0 Å². The Kier molecular flexibility index (Phi) is 5.43. The highest BCUT2D eigenvalue weighted by Gasteiger charge is 2.24. The first-order chi connectivity index (χ1) is 7.45. The van der Waals surface area contributed by atoms with Crippen molar-refractivity contribution in [2.24, 2.45) is 20.2 Å². The van der Waals surface area contributed by atoms with E-state index in [4.69, 9.17) is 0 Å². The third kappa shape index (κ3) is 4.26. The van der Waals surface area contributed by atoms with Crippen LogP contribution < -0.4 is 0 Å². The molecule has 0 aromatic carbocycles. The van der Waals surface area contributed by atoms with Crippen molar-refractivity contribution in [2.45, 2.75) is 51.9 Å². The Morgan fingerprint density at radius 2 is 1.19 bits per heavy atom. The first kappa shape index (κ1) is 14.4. The van der Waals surface area contributed by atoms with E-state index in [1.165, 1.54) is 12.2 Å². The molecule has 0 aromatic rings. The molecule has 6 nitrogen and oxygen atoms in total. The lowest BCUT2D eigenvalue weighted by molar-refractivity contribution is 0.380. The van der Waals surface area contributed by atoms with Gasteiger partial charge >= 0.3 is 0 Å². The Morgan fingerprint density at radius 3 is 1.38 bits per heavy atom. The van der Waals surface area contributed by atoms with E-state index in [9.17, 15) is 9.59 Å². The van der Waals surface area contributed by atoms with Gasteiger partial charge in [0.25, 0.3) is 0 Å². The zero-order chi connectivity index (χ0) is 12.7. The van der Waals surface area contributed by atoms with Crippen LogP contribution in [-0.4, -0.2) is 23.5 Å². The van der Waals surface area contributed by atoms with Gasteiger partial charge in [-0.2, -0.15) is 20.2 Å². The highest BCUT2D eigenvalue weighted by atomic mass is 16.1. The van der Waals surface area contributed by atoms with Crippen molar-refractivity contribution in [1.82, 2.24) is 0 Å². The standard InChI is InChI=1S/C10H16N4O2/c1-5-9(3,11-7-15)13-14-10(4,6-2)12-8-16/h5-6H2,1-4H3/b14-13+. The normalized spacial score (nSPS) is 18.0. The molecule has 0 amide bonds. The molecule has 2 unspecified atom stereocenters. The van der Waals surface area contributed by atoms with Crippen LogP contribution in [0.5, 0.6) is 0 Å². The molecule has 0 spiro atoms. The lowest BCUT2D eigenvalue weighted by Crippen LogP contribution is -2.21. The summed E-state index contributed by atoms with van der Waals surface area (Å²) in [5, 5.41) is 7.90. The van der Waals surface area contributed by atoms with E-state index in [0.29, 0.717) is 12.8 Å². The smallest absolute Gasteiger partial charge is 0.211 e. The van der Waals surface area contributed by atoms with Crippen LogP contribution in [0.4, 0.5) is 0 Å². The minimum Gasteiger partial charge on any atom is -0.211 e. The predicted molar refractivity (Wildman–Crippen MR) is 58.5 cm³/mol. The van der Waals surface area contributed by atoms with Crippen molar-refractivity contribution in [3.05, 3.63) is 0 Å². The summed E-state index contributed by atoms with van der Waals surface area (Å²) in [5.41, 5.74) is -1.87. The molecular formula is C10H16N4O2. The van der Waals surface area contributed by atoms with Crippen LogP contribution >= 0.6 is 0 Å². The van der Waals surface area contributed by atoms with Crippen molar-refractivity contribution in [1.29, 1.82) is 0 Å². The minimum absolute atomic E-state index is 0.510. The van der Waals surface area contributed by atoms with E-state index in [1.54, 1.807) is 13.8 Å². The van der Waals surface area contributed by atoms with Crippen molar-refractivity contribution in [3.63, 3.8) is 0 Å². The summed E-state index contributed by atoms with van der Waals surface area (Å²) in [4.78, 5) is 27.6. The maximum Gasteiger partial charge on any atom is 0.237 e. The molecule has 0 N–H and O–H groups in total. The summed E-state index contributed by atoms with van der Waals surface area (Å²) in [5.74, 6) is 0. The maximum atomic E-state index is 10.2. The van der Waals surface area contributed by atoms with Gasteiger partial charge in [-0.3, -0.25) is 0 Å². The lowest BCUT2D eigenvalue weighted by atomic mass is 10.1. The number of rotatable bonds is 6. The number of nitrogens with zero attached hydrogens (tertiary/aromatic N) is 4. The first-order valence-corrected chi connectivity index (χ1v) is 5.07. The van der Waals surface area contributed by atoms with E-state index in [2.05, 4.69) is 20.2 Å². The fourth-order valence-electron chi connectivity index (χ4n) is 0.756. The molecule has 2 atom stereocenters. The third-order valence-corrected chi connectivity index (χ3v) is 2.39. The number of isocyanates is 2. The van der Waals surface area contributed by atoms with Gasteiger partial charge in [-0.25, -0.2) is 9.59 Å². The van der Waals surface area contributed by atoms with E-state index >= 15 is 0 Å². The zero-order valence-electron chi connectivity index (χ0n) is 10.0. The molecule has 0 fully saturated rings. The third-order valence-electron chi connectivity index (χ3n) is 2.39. The van der Waals surface area contributed by atoms with Crippen LogP contribution in [0.1, 0.15) is 40.5 Å². The minimum atomic E-state index is -0.934. The Labute approximate surface area is 94.6 Å².